The summed E-state index contributed by atoms with van der Waals surface area (Å²) in [6.45, 7) is 5.66. The van der Waals surface area contributed by atoms with Gasteiger partial charge in [0.2, 0.25) is 0 Å². The lowest BCUT2D eigenvalue weighted by Gasteiger charge is -2.35. The van der Waals surface area contributed by atoms with Crippen molar-refractivity contribution in [3.63, 3.8) is 0 Å². The second-order valence-electron chi connectivity index (χ2n) is 6.43. The molecule has 1 aliphatic rings. The van der Waals surface area contributed by atoms with Crippen LogP contribution in [0.15, 0.2) is 42.7 Å². The van der Waals surface area contributed by atoms with Crippen molar-refractivity contribution < 1.29 is 0 Å². The molecule has 1 saturated heterocycles. The van der Waals surface area contributed by atoms with E-state index in [-0.39, 0.29) is 0 Å². The van der Waals surface area contributed by atoms with Crippen LogP contribution in [0.5, 0.6) is 0 Å². The number of piperazine rings is 1. The molecule has 4 heterocycles. The minimum absolute atomic E-state index is 0.786. The molecular weight excluding hydrogens is 344 g/mol. The van der Waals surface area contributed by atoms with Crippen molar-refractivity contribution >= 4 is 43.4 Å². The summed E-state index contributed by atoms with van der Waals surface area (Å²) in [7, 11) is 0. The van der Waals surface area contributed by atoms with Gasteiger partial charge in [-0.1, -0.05) is 23.5 Å². The predicted molar refractivity (Wildman–Crippen MR) is 106 cm³/mol. The second kappa shape index (κ2) is 6.17. The van der Waals surface area contributed by atoms with Crippen LogP contribution in [-0.4, -0.2) is 46.1 Å². The van der Waals surface area contributed by atoms with Crippen molar-refractivity contribution in [2.45, 2.75) is 6.92 Å². The molecule has 0 aliphatic carbocycles. The number of aryl methyl sites for hydroxylation is 1. The van der Waals surface area contributed by atoms with Gasteiger partial charge in [0.1, 0.15) is 11.6 Å². The van der Waals surface area contributed by atoms with Crippen molar-refractivity contribution in [1.82, 2.24) is 19.9 Å². The number of para-hydroxylation sites is 1. The van der Waals surface area contributed by atoms with Gasteiger partial charge in [-0.05, 0) is 25.1 Å². The van der Waals surface area contributed by atoms with Crippen LogP contribution in [0.1, 0.15) is 5.82 Å². The molecule has 0 unspecified atom stereocenters. The molecule has 0 N–H and O–H groups in total. The number of nitrogens with zero attached hydrogens (tertiary/aromatic N) is 6. The summed E-state index contributed by atoms with van der Waals surface area (Å²) < 4.78 is 1.25. The van der Waals surface area contributed by atoms with Crippen LogP contribution < -0.4 is 9.80 Å². The Balaban J connectivity index is 1.40. The Kier molecular flexibility index (Phi) is 3.67. The molecule has 0 saturated carbocycles. The SMILES string of the molecule is Cc1nc(N2CCN(c3nc4ccccc4s3)CC2)c2ccncc2n1. The summed E-state index contributed by atoms with van der Waals surface area (Å²) in [6, 6.07) is 10.3. The molecule has 4 aromatic rings. The van der Waals surface area contributed by atoms with E-state index in [0.29, 0.717) is 0 Å². The molecule has 1 aliphatic heterocycles. The van der Waals surface area contributed by atoms with Crippen molar-refractivity contribution in [3.05, 3.63) is 48.5 Å². The zero-order chi connectivity index (χ0) is 17.5. The average molecular weight is 362 g/mol. The number of hydrogen-bond donors (Lipinski definition) is 0. The molecule has 3 aromatic heterocycles. The van der Waals surface area contributed by atoms with Gasteiger partial charge < -0.3 is 9.80 Å². The number of benzene rings is 1. The van der Waals surface area contributed by atoms with Crippen LogP contribution in [0.4, 0.5) is 10.9 Å². The summed E-state index contributed by atoms with van der Waals surface area (Å²) >= 11 is 1.77. The Bertz CT molecular complexity index is 1050. The smallest absolute Gasteiger partial charge is 0.186 e. The molecule has 1 aromatic carbocycles. The average Bonchev–Trinajstić information content (AvgIpc) is 3.12. The molecule has 26 heavy (non-hydrogen) atoms. The minimum Gasteiger partial charge on any atom is -0.352 e. The Morgan fingerprint density at radius 2 is 1.69 bits per heavy atom. The van der Waals surface area contributed by atoms with E-state index in [0.717, 1.165) is 59.4 Å². The van der Waals surface area contributed by atoms with Crippen LogP contribution in [-0.2, 0) is 0 Å². The number of pyridine rings is 1. The molecule has 0 amide bonds. The molecule has 0 atom stereocenters. The van der Waals surface area contributed by atoms with Gasteiger partial charge in [-0.2, -0.15) is 0 Å². The fraction of sp³-hybridized carbons (Fsp3) is 0.263. The molecule has 7 heteroatoms. The summed E-state index contributed by atoms with van der Waals surface area (Å²) in [5.41, 5.74) is 1.99. The first-order chi connectivity index (χ1) is 12.8. The first kappa shape index (κ1) is 15.5. The summed E-state index contributed by atoms with van der Waals surface area (Å²) in [5.74, 6) is 1.80. The van der Waals surface area contributed by atoms with Crippen molar-refractivity contribution in [2.24, 2.45) is 0 Å². The fourth-order valence-corrected chi connectivity index (χ4v) is 4.44. The van der Waals surface area contributed by atoms with Crippen molar-refractivity contribution in [3.8, 4) is 0 Å². The number of fused-ring (bicyclic) bond motifs is 2. The number of anilines is 2. The topological polar surface area (TPSA) is 58.0 Å². The van der Waals surface area contributed by atoms with Gasteiger partial charge in [0.15, 0.2) is 5.13 Å². The molecule has 1 fully saturated rings. The Hall–Kier alpha value is -2.80. The summed E-state index contributed by atoms with van der Waals surface area (Å²) in [6.07, 6.45) is 3.62. The van der Waals surface area contributed by atoms with E-state index in [1.165, 1.54) is 4.70 Å². The highest BCUT2D eigenvalue weighted by atomic mass is 32.1. The monoisotopic (exact) mass is 362 g/mol. The molecule has 5 rings (SSSR count). The molecular formula is C19H18N6S. The molecule has 0 radical (unpaired) electrons. The molecule has 0 spiro atoms. The maximum absolute atomic E-state index is 4.79. The lowest BCUT2D eigenvalue weighted by Crippen LogP contribution is -2.47. The van der Waals surface area contributed by atoms with Gasteiger partial charge in [0.25, 0.3) is 0 Å². The third-order valence-electron chi connectivity index (χ3n) is 4.72. The number of hydrogen-bond acceptors (Lipinski definition) is 7. The largest absolute Gasteiger partial charge is 0.352 e. The van der Waals surface area contributed by atoms with Gasteiger partial charge in [-0.3, -0.25) is 4.98 Å². The van der Waals surface area contributed by atoms with E-state index in [2.05, 4.69) is 38.0 Å². The number of rotatable bonds is 2. The van der Waals surface area contributed by atoms with Gasteiger partial charge in [-0.25, -0.2) is 15.0 Å². The van der Waals surface area contributed by atoms with Crippen LogP contribution >= 0.6 is 11.3 Å². The van der Waals surface area contributed by atoms with Crippen LogP contribution in [0.3, 0.4) is 0 Å². The van der Waals surface area contributed by atoms with Crippen molar-refractivity contribution in [2.75, 3.05) is 36.0 Å². The highest BCUT2D eigenvalue weighted by molar-refractivity contribution is 7.22. The van der Waals surface area contributed by atoms with E-state index in [4.69, 9.17) is 9.97 Å². The fourth-order valence-electron chi connectivity index (χ4n) is 3.42. The third-order valence-corrected chi connectivity index (χ3v) is 5.82. The minimum atomic E-state index is 0.786. The normalized spacial score (nSPS) is 15.1. The number of aromatic nitrogens is 4. The zero-order valence-electron chi connectivity index (χ0n) is 14.5. The van der Waals surface area contributed by atoms with E-state index < -0.39 is 0 Å². The van der Waals surface area contributed by atoms with Crippen LogP contribution in [0, 0.1) is 6.92 Å². The Labute approximate surface area is 155 Å². The lowest BCUT2D eigenvalue weighted by atomic mass is 10.2. The van der Waals surface area contributed by atoms with Crippen molar-refractivity contribution in [1.29, 1.82) is 0 Å². The molecule has 6 nitrogen and oxygen atoms in total. The van der Waals surface area contributed by atoms with Gasteiger partial charge >= 0.3 is 0 Å². The summed E-state index contributed by atoms with van der Waals surface area (Å²) in [5, 5.41) is 2.18. The first-order valence-electron chi connectivity index (χ1n) is 8.72. The highest BCUT2D eigenvalue weighted by Gasteiger charge is 2.22. The van der Waals surface area contributed by atoms with E-state index >= 15 is 0 Å². The summed E-state index contributed by atoms with van der Waals surface area (Å²) in [4.78, 5) is 22.9. The van der Waals surface area contributed by atoms with E-state index in [1.807, 2.05) is 31.5 Å². The van der Waals surface area contributed by atoms with Gasteiger partial charge in [-0.15, -0.1) is 0 Å². The quantitative estimate of drug-likeness (QED) is 0.545. The Morgan fingerprint density at radius 3 is 2.54 bits per heavy atom. The number of thiazole rings is 1. The Morgan fingerprint density at radius 1 is 0.885 bits per heavy atom. The molecule has 0 bridgehead atoms. The van der Waals surface area contributed by atoms with Crippen LogP contribution in [0.25, 0.3) is 21.1 Å². The van der Waals surface area contributed by atoms with Gasteiger partial charge in [0, 0.05) is 37.8 Å². The van der Waals surface area contributed by atoms with E-state index in [1.54, 1.807) is 11.3 Å². The standard InChI is InChI=1S/C19H18N6S/c1-13-21-16-12-20-7-6-14(16)18(22-13)24-8-10-25(11-9-24)19-23-15-4-2-3-5-17(15)26-19/h2-7,12H,8-11H2,1H3. The zero-order valence-corrected chi connectivity index (χ0v) is 15.3. The second-order valence-corrected chi connectivity index (χ2v) is 7.43. The first-order valence-corrected chi connectivity index (χ1v) is 9.53. The van der Waals surface area contributed by atoms with Gasteiger partial charge in [0.05, 0.1) is 21.9 Å². The predicted octanol–water partition coefficient (Wildman–Crippen LogP) is 3.27. The third kappa shape index (κ3) is 2.64. The van der Waals surface area contributed by atoms with Crippen LogP contribution in [0.2, 0.25) is 0 Å². The molecule has 130 valence electrons. The lowest BCUT2D eigenvalue weighted by molar-refractivity contribution is 0.647. The highest BCUT2D eigenvalue weighted by Crippen LogP contribution is 2.30. The van der Waals surface area contributed by atoms with E-state index in [9.17, 15) is 0 Å². The maximum atomic E-state index is 4.79. The maximum Gasteiger partial charge on any atom is 0.186 e.